The first-order valence-corrected chi connectivity index (χ1v) is 11.6. The summed E-state index contributed by atoms with van der Waals surface area (Å²) in [6.45, 7) is 10.7. The Labute approximate surface area is 183 Å². The maximum absolute atomic E-state index is 5.83. The predicted molar refractivity (Wildman–Crippen MR) is 127 cm³/mol. The molecule has 4 atom stereocenters. The Morgan fingerprint density at radius 3 is 1.37 bits per heavy atom. The highest BCUT2D eigenvalue weighted by Crippen LogP contribution is 2.25. The Kier molecular flexibility index (Phi) is 8.88. The Morgan fingerprint density at radius 1 is 0.667 bits per heavy atom. The number of nitrogens with zero attached hydrogens (tertiary/aromatic N) is 2. The van der Waals surface area contributed by atoms with Gasteiger partial charge in [-0.1, -0.05) is 74.5 Å². The Morgan fingerprint density at radius 2 is 1.03 bits per heavy atom. The fraction of sp³-hybridized carbons (Fsp3) is 0.538. The van der Waals surface area contributed by atoms with Gasteiger partial charge in [-0.3, -0.25) is 9.80 Å². The summed E-state index contributed by atoms with van der Waals surface area (Å²) in [5.41, 5.74) is 14.4. The van der Waals surface area contributed by atoms with E-state index in [4.69, 9.17) is 11.5 Å². The van der Waals surface area contributed by atoms with E-state index in [0.29, 0.717) is 12.1 Å². The van der Waals surface area contributed by atoms with Crippen molar-refractivity contribution in [1.29, 1.82) is 0 Å². The fourth-order valence-electron chi connectivity index (χ4n) is 4.97. The van der Waals surface area contributed by atoms with E-state index in [1.807, 2.05) is 0 Å². The molecular weight excluding hydrogens is 368 g/mol. The van der Waals surface area contributed by atoms with Gasteiger partial charge in [0.25, 0.3) is 0 Å². The third kappa shape index (κ3) is 6.14. The van der Waals surface area contributed by atoms with Gasteiger partial charge in [-0.2, -0.15) is 0 Å². The Bertz CT molecular complexity index is 657. The van der Waals surface area contributed by atoms with E-state index in [-0.39, 0.29) is 0 Å². The van der Waals surface area contributed by atoms with Crippen molar-refractivity contribution in [2.45, 2.75) is 51.9 Å². The summed E-state index contributed by atoms with van der Waals surface area (Å²) < 4.78 is 0. The van der Waals surface area contributed by atoms with Crippen molar-refractivity contribution in [3.8, 4) is 0 Å². The standard InChI is InChI=1S/2C13H20N2/c2*1-11-7-8-15(13(11)9-14)10-12-5-3-2-4-6-12/h2*2-6,11,13H,7-10,14H2,1H3/t2*11-,13-/m10/s1. The van der Waals surface area contributed by atoms with Gasteiger partial charge >= 0.3 is 0 Å². The lowest BCUT2D eigenvalue weighted by Crippen LogP contribution is -2.37. The molecule has 0 aromatic heterocycles. The summed E-state index contributed by atoms with van der Waals surface area (Å²) in [6, 6.07) is 22.5. The van der Waals surface area contributed by atoms with Crippen LogP contribution in [0.5, 0.6) is 0 Å². The number of hydrogen-bond donors (Lipinski definition) is 2. The minimum Gasteiger partial charge on any atom is -0.329 e. The van der Waals surface area contributed by atoms with Crippen LogP contribution in [0.1, 0.15) is 37.8 Å². The second-order valence-corrected chi connectivity index (χ2v) is 9.05. The van der Waals surface area contributed by atoms with Gasteiger partial charge in [0.1, 0.15) is 0 Å². The van der Waals surface area contributed by atoms with Crippen LogP contribution in [0.3, 0.4) is 0 Å². The van der Waals surface area contributed by atoms with Crippen molar-refractivity contribution < 1.29 is 0 Å². The number of hydrogen-bond acceptors (Lipinski definition) is 4. The van der Waals surface area contributed by atoms with E-state index in [0.717, 1.165) is 38.0 Å². The Balaban J connectivity index is 0.000000171. The van der Waals surface area contributed by atoms with Crippen LogP contribution in [0.15, 0.2) is 60.7 Å². The van der Waals surface area contributed by atoms with Crippen LogP contribution < -0.4 is 11.5 Å². The van der Waals surface area contributed by atoms with Gasteiger partial charge in [0, 0.05) is 38.3 Å². The molecule has 0 radical (unpaired) electrons. The van der Waals surface area contributed by atoms with Crippen LogP contribution in [0.2, 0.25) is 0 Å². The zero-order valence-corrected chi connectivity index (χ0v) is 18.8. The normalized spacial score (nSPS) is 27.1. The zero-order chi connectivity index (χ0) is 21.3. The molecule has 0 bridgehead atoms. The summed E-state index contributed by atoms with van der Waals surface area (Å²) in [7, 11) is 0. The lowest BCUT2D eigenvalue weighted by atomic mass is 10.0. The molecule has 0 saturated carbocycles. The maximum Gasteiger partial charge on any atom is 0.0248 e. The van der Waals surface area contributed by atoms with Crippen molar-refractivity contribution in [2.24, 2.45) is 23.3 Å². The van der Waals surface area contributed by atoms with Crippen molar-refractivity contribution in [2.75, 3.05) is 26.2 Å². The lowest BCUT2D eigenvalue weighted by molar-refractivity contribution is 0.228. The smallest absolute Gasteiger partial charge is 0.0248 e. The van der Waals surface area contributed by atoms with E-state index in [9.17, 15) is 0 Å². The molecule has 4 nitrogen and oxygen atoms in total. The summed E-state index contributed by atoms with van der Waals surface area (Å²) in [4.78, 5) is 5.03. The molecule has 2 heterocycles. The van der Waals surface area contributed by atoms with Gasteiger partial charge in [-0.25, -0.2) is 0 Å². The molecule has 2 aromatic carbocycles. The van der Waals surface area contributed by atoms with Gasteiger partial charge in [0.05, 0.1) is 0 Å². The molecule has 2 aliphatic rings. The average Bonchev–Trinajstić information content (AvgIpc) is 3.31. The first kappa shape index (κ1) is 23.0. The first-order chi connectivity index (χ1) is 14.6. The molecule has 0 aliphatic carbocycles. The highest BCUT2D eigenvalue weighted by molar-refractivity contribution is 5.15. The minimum atomic E-state index is 0.574. The largest absolute Gasteiger partial charge is 0.329 e. The van der Waals surface area contributed by atoms with E-state index in [2.05, 4.69) is 84.3 Å². The van der Waals surface area contributed by atoms with Crippen LogP contribution in [-0.2, 0) is 13.1 Å². The molecular formula is C26H40N4. The fourth-order valence-corrected chi connectivity index (χ4v) is 4.97. The van der Waals surface area contributed by atoms with E-state index >= 15 is 0 Å². The van der Waals surface area contributed by atoms with Crippen LogP contribution >= 0.6 is 0 Å². The van der Waals surface area contributed by atoms with Crippen LogP contribution in [0.4, 0.5) is 0 Å². The quantitative estimate of drug-likeness (QED) is 0.765. The number of likely N-dealkylation sites (tertiary alicyclic amines) is 2. The van der Waals surface area contributed by atoms with Gasteiger partial charge in [-0.15, -0.1) is 0 Å². The second kappa shape index (κ2) is 11.6. The van der Waals surface area contributed by atoms with Gasteiger partial charge in [0.15, 0.2) is 0 Å². The molecule has 0 spiro atoms. The molecule has 0 amide bonds. The summed E-state index contributed by atoms with van der Waals surface area (Å²) in [5, 5.41) is 0. The first-order valence-electron chi connectivity index (χ1n) is 11.6. The van der Waals surface area contributed by atoms with Crippen molar-refractivity contribution in [3.05, 3.63) is 71.8 Å². The maximum atomic E-state index is 5.83. The van der Waals surface area contributed by atoms with Gasteiger partial charge < -0.3 is 11.5 Å². The molecule has 4 heteroatoms. The summed E-state index contributed by atoms with van der Waals surface area (Å²) in [6.07, 6.45) is 2.57. The van der Waals surface area contributed by atoms with E-state index in [1.54, 1.807) is 0 Å². The molecule has 30 heavy (non-hydrogen) atoms. The van der Waals surface area contributed by atoms with Crippen molar-refractivity contribution in [3.63, 3.8) is 0 Å². The molecule has 2 fully saturated rings. The molecule has 2 aliphatic heterocycles. The second-order valence-electron chi connectivity index (χ2n) is 9.05. The van der Waals surface area contributed by atoms with E-state index < -0.39 is 0 Å². The summed E-state index contributed by atoms with van der Waals surface area (Å²) >= 11 is 0. The SMILES string of the molecule is C[C@@H]1CCN(Cc2ccccc2)[C@@H]1CN.C[C@H]1CCN(Cc2ccccc2)[C@H]1CN. The Hall–Kier alpha value is -1.72. The highest BCUT2D eigenvalue weighted by Gasteiger charge is 2.30. The number of nitrogens with two attached hydrogens (primary N) is 2. The molecule has 164 valence electrons. The van der Waals surface area contributed by atoms with Crippen molar-refractivity contribution >= 4 is 0 Å². The zero-order valence-electron chi connectivity index (χ0n) is 18.8. The summed E-state index contributed by atoms with van der Waals surface area (Å²) in [5.74, 6) is 1.50. The van der Waals surface area contributed by atoms with Crippen LogP contribution in [0.25, 0.3) is 0 Å². The monoisotopic (exact) mass is 408 g/mol. The van der Waals surface area contributed by atoms with Gasteiger partial charge in [0.2, 0.25) is 0 Å². The van der Waals surface area contributed by atoms with E-state index in [1.165, 1.54) is 37.1 Å². The number of benzene rings is 2. The highest BCUT2D eigenvalue weighted by atomic mass is 15.2. The molecule has 4 rings (SSSR count). The molecule has 2 saturated heterocycles. The topological polar surface area (TPSA) is 58.5 Å². The predicted octanol–water partition coefficient (Wildman–Crippen LogP) is 3.71. The van der Waals surface area contributed by atoms with Gasteiger partial charge in [-0.05, 0) is 48.9 Å². The third-order valence-corrected chi connectivity index (χ3v) is 6.94. The lowest BCUT2D eigenvalue weighted by Gasteiger charge is -2.25. The third-order valence-electron chi connectivity index (χ3n) is 6.94. The number of rotatable bonds is 6. The molecule has 2 aromatic rings. The molecule has 4 N–H and O–H groups in total. The average molecular weight is 409 g/mol. The van der Waals surface area contributed by atoms with Crippen LogP contribution in [0, 0.1) is 11.8 Å². The van der Waals surface area contributed by atoms with Crippen molar-refractivity contribution in [1.82, 2.24) is 9.80 Å². The molecule has 0 unspecified atom stereocenters. The van der Waals surface area contributed by atoms with Crippen LogP contribution in [-0.4, -0.2) is 48.1 Å². The minimum absolute atomic E-state index is 0.574.